The van der Waals surface area contributed by atoms with Crippen molar-refractivity contribution in [3.8, 4) is 5.75 Å². The molecule has 5 heteroatoms. The maximum absolute atomic E-state index is 5.35. The van der Waals surface area contributed by atoms with Gasteiger partial charge in [0.2, 0.25) is 0 Å². The first-order valence-electron chi connectivity index (χ1n) is 9.99. The largest absolute Gasteiger partial charge is 0.497 e. The summed E-state index contributed by atoms with van der Waals surface area (Å²) in [7, 11) is -0.152. The highest BCUT2D eigenvalue weighted by Crippen LogP contribution is 2.29. The van der Waals surface area contributed by atoms with Crippen LogP contribution in [-0.2, 0) is 0 Å². The standard InChI is InChI=1S/C25H25N3OSi/c1-29-21-16-14-20(15-17-21)22(19-10-6-5-7-11-19)18-25(30(2,3)4)28-24-13-9-8-12-23(24)26-27-28/h5-17H,1-4H3. The van der Waals surface area contributed by atoms with Crippen molar-refractivity contribution in [2.45, 2.75) is 19.6 Å². The van der Waals surface area contributed by atoms with Crippen molar-refractivity contribution in [3.05, 3.63) is 95.7 Å². The molecule has 1 heterocycles. The van der Waals surface area contributed by atoms with Crippen LogP contribution in [0.5, 0.6) is 5.75 Å². The second kappa shape index (κ2) is 8.15. The van der Waals surface area contributed by atoms with Crippen LogP contribution in [-0.4, -0.2) is 30.2 Å². The molecule has 0 N–H and O–H groups in total. The molecular formula is C25H25N3OSi. The van der Waals surface area contributed by atoms with Crippen LogP contribution in [0.15, 0.2) is 84.6 Å². The summed E-state index contributed by atoms with van der Waals surface area (Å²) in [5.74, 6) is 0.836. The van der Waals surface area contributed by atoms with Gasteiger partial charge in [-0.15, -0.1) is 5.10 Å². The number of aromatic nitrogens is 3. The fraction of sp³-hybridized carbons (Fsp3) is 0.160. The number of benzene rings is 3. The van der Waals surface area contributed by atoms with E-state index in [0.717, 1.165) is 38.8 Å². The van der Waals surface area contributed by atoms with Crippen molar-refractivity contribution in [3.63, 3.8) is 0 Å². The molecular weight excluding hydrogens is 386 g/mol. The van der Waals surface area contributed by atoms with E-state index in [-0.39, 0.29) is 0 Å². The molecule has 0 bridgehead atoms. The van der Waals surface area contributed by atoms with E-state index in [2.05, 4.69) is 78.1 Å². The zero-order valence-corrected chi connectivity index (χ0v) is 18.8. The highest BCUT2D eigenvalue weighted by molar-refractivity contribution is 6.92. The van der Waals surface area contributed by atoms with Crippen LogP contribution in [0.1, 0.15) is 11.1 Å². The number of fused-ring (bicyclic) bond motifs is 1. The molecule has 3 aromatic carbocycles. The summed E-state index contributed by atoms with van der Waals surface area (Å²) in [5, 5.41) is 9.96. The van der Waals surface area contributed by atoms with Gasteiger partial charge in [-0.05, 0) is 35.4 Å². The number of hydrogen-bond donors (Lipinski definition) is 0. The number of hydrogen-bond acceptors (Lipinski definition) is 3. The van der Waals surface area contributed by atoms with Crippen molar-refractivity contribution in [1.29, 1.82) is 0 Å². The van der Waals surface area contributed by atoms with Crippen LogP contribution < -0.4 is 4.74 Å². The molecule has 0 amide bonds. The molecule has 4 aromatic rings. The zero-order chi connectivity index (χ0) is 21.1. The van der Waals surface area contributed by atoms with E-state index in [1.807, 2.05) is 41.1 Å². The summed E-state index contributed by atoms with van der Waals surface area (Å²) in [4.78, 5) is 0. The van der Waals surface area contributed by atoms with Gasteiger partial charge in [-0.25, -0.2) is 4.68 Å². The van der Waals surface area contributed by atoms with Gasteiger partial charge in [-0.3, -0.25) is 0 Å². The Hall–Kier alpha value is -3.40. The van der Waals surface area contributed by atoms with Crippen LogP contribution in [0.2, 0.25) is 19.6 Å². The second-order valence-corrected chi connectivity index (χ2v) is 13.2. The predicted octanol–water partition coefficient (Wildman–Crippen LogP) is 5.89. The monoisotopic (exact) mass is 411 g/mol. The molecule has 1 aromatic heterocycles. The second-order valence-electron chi connectivity index (χ2n) is 8.18. The topological polar surface area (TPSA) is 39.9 Å². The number of para-hydroxylation sites is 1. The molecule has 0 saturated heterocycles. The fourth-order valence-electron chi connectivity index (χ4n) is 3.38. The van der Waals surface area contributed by atoms with Gasteiger partial charge in [0.05, 0.1) is 17.9 Å². The van der Waals surface area contributed by atoms with Crippen molar-refractivity contribution >= 4 is 30.0 Å². The first-order chi connectivity index (χ1) is 14.5. The molecule has 0 spiro atoms. The molecule has 0 unspecified atom stereocenters. The average molecular weight is 412 g/mol. The van der Waals surface area contributed by atoms with Gasteiger partial charge >= 0.3 is 0 Å². The Bertz CT molecular complexity index is 1230. The highest BCUT2D eigenvalue weighted by atomic mass is 28.3. The molecule has 0 aliphatic carbocycles. The lowest BCUT2D eigenvalue weighted by Gasteiger charge is -2.20. The molecule has 0 fully saturated rings. The van der Waals surface area contributed by atoms with Gasteiger partial charge in [0.1, 0.15) is 19.3 Å². The summed E-state index contributed by atoms with van der Waals surface area (Å²) in [6.45, 7) is 6.92. The third-order valence-electron chi connectivity index (χ3n) is 4.96. The number of methoxy groups -OCH3 is 1. The molecule has 150 valence electrons. The third kappa shape index (κ3) is 3.99. The number of rotatable bonds is 5. The van der Waals surface area contributed by atoms with Gasteiger partial charge < -0.3 is 4.74 Å². The quantitative estimate of drug-likeness (QED) is 0.304. The maximum atomic E-state index is 5.35. The molecule has 0 radical (unpaired) electrons. The van der Waals surface area contributed by atoms with Gasteiger partial charge in [0.25, 0.3) is 0 Å². The molecule has 4 rings (SSSR count). The molecule has 0 saturated carbocycles. The van der Waals surface area contributed by atoms with E-state index in [9.17, 15) is 0 Å². The molecule has 0 aliphatic rings. The lowest BCUT2D eigenvalue weighted by molar-refractivity contribution is 0.415. The Labute approximate surface area is 178 Å². The molecule has 0 aliphatic heterocycles. The minimum absolute atomic E-state index is 0.836. The van der Waals surface area contributed by atoms with E-state index in [0.29, 0.717) is 0 Å². The first-order valence-corrected chi connectivity index (χ1v) is 13.5. The van der Waals surface area contributed by atoms with Crippen molar-refractivity contribution in [2.75, 3.05) is 7.11 Å². The Kier molecular flexibility index (Phi) is 5.40. The lowest BCUT2D eigenvalue weighted by atomic mass is 9.99. The minimum Gasteiger partial charge on any atom is -0.497 e. The van der Waals surface area contributed by atoms with E-state index in [1.54, 1.807) is 7.11 Å². The number of nitrogens with zero attached hydrogens (tertiary/aromatic N) is 3. The van der Waals surface area contributed by atoms with Crippen LogP contribution in [0.25, 0.3) is 21.9 Å². The Morgan fingerprint density at radius 3 is 2.13 bits per heavy atom. The predicted molar refractivity (Wildman–Crippen MR) is 126 cm³/mol. The van der Waals surface area contributed by atoms with Gasteiger partial charge in [0, 0.05) is 5.57 Å². The van der Waals surface area contributed by atoms with E-state index < -0.39 is 8.07 Å². The van der Waals surface area contributed by atoms with Gasteiger partial charge in [-0.2, -0.15) is 0 Å². The van der Waals surface area contributed by atoms with Crippen LogP contribution in [0.3, 0.4) is 0 Å². The molecule has 30 heavy (non-hydrogen) atoms. The normalized spacial score (nSPS) is 11.2. The van der Waals surface area contributed by atoms with Crippen LogP contribution >= 0.6 is 0 Å². The first kappa shape index (κ1) is 19.9. The van der Waals surface area contributed by atoms with Crippen LogP contribution in [0.4, 0.5) is 0 Å². The number of ether oxygens (including phenoxy) is 1. The highest BCUT2D eigenvalue weighted by Gasteiger charge is 2.25. The fourth-order valence-corrected chi connectivity index (χ4v) is 4.68. The van der Waals surface area contributed by atoms with Crippen molar-refractivity contribution in [1.82, 2.24) is 15.0 Å². The zero-order valence-electron chi connectivity index (χ0n) is 17.8. The Morgan fingerprint density at radius 2 is 1.47 bits per heavy atom. The van der Waals surface area contributed by atoms with Crippen molar-refractivity contribution < 1.29 is 4.74 Å². The molecule has 4 nitrogen and oxygen atoms in total. The lowest BCUT2D eigenvalue weighted by Crippen LogP contribution is -2.27. The summed E-state index contributed by atoms with van der Waals surface area (Å²) < 4.78 is 7.31. The van der Waals surface area contributed by atoms with Crippen LogP contribution in [0, 0.1) is 0 Å². The molecule has 0 atom stereocenters. The Morgan fingerprint density at radius 1 is 0.833 bits per heavy atom. The summed E-state index contributed by atoms with van der Waals surface area (Å²) >= 11 is 0. The SMILES string of the molecule is COc1ccc(C(=C=C(n2nnc3ccccc32)[Si](C)(C)C)c2ccccc2)cc1. The van der Waals surface area contributed by atoms with Gasteiger partial charge in [0.15, 0.2) is 0 Å². The summed E-state index contributed by atoms with van der Waals surface area (Å²) in [6, 6.07) is 26.6. The van der Waals surface area contributed by atoms with Gasteiger partial charge in [-0.1, -0.05) is 85.2 Å². The summed E-state index contributed by atoms with van der Waals surface area (Å²) in [6.07, 6.45) is 0. The minimum atomic E-state index is -1.83. The Balaban J connectivity index is 2.04. The van der Waals surface area contributed by atoms with E-state index in [4.69, 9.17) is 4.74 Å². The van der Waals surface area contributed by atoms with Crippen molar-refractivity contribution in [2.24, 2.45) is 0 Å². The van der Waals surface area contributed by atoms with E-state index >= 15 is 0 Å². The smallest absolute Gasteiger partial charge is 0.118 e. The maximum Gasteiger partial charge on any atom is 0.118 e. The third-order valence-corrected chi connectivity index (χ3v) is 6.72. The van der Waals surface area contributed by atoms with E-state index in [1.165, 1.54) is 0 Å². The summed E-state index contributed by atoms with van der Waals surface area (Å²) in [5.41, 5.74) is 8.90. The average Bonchev–Trinajstić information content (AvgIpc) is 3.18.